The van der Waals surface area contributed by atoms with Gasteiger partial charge in [0.05, 0.1) is 0 Å². The van der Waals surface area contributed by atoms with Crippen molar-refractivity contribution in [1.29, 1.82) is 0 Å². The number of rotatable bonds is 6. The number of aromatic nitrogens is 2. The first-order valence-corrected chi connectivity index (χ1v) is 8.50. The van der Waals surface area contributed by atoms with Crippen LogP contribution in [0.3, 0.4) is 0 Å². The first kappa shape index (κ1) is 17.6. The molecule has 2 rings (SSSR count). The first-order chi connectivity index (χ1) is 10.9. The van der Waals surface area contributed by atoms with Gasteiger partial charge in [-0.1, -0.05) is 30.6 Å². The molecule has 0 bridgehead atoms. The number of nitrogens with zero attached hydrogens (tertiary/aromatic N) is 2. The highest BCUT2D eigenvalue weighted by atomic mass is 35.5. The van der Waals surface area contributed by atoms with Gasteiger partial charge in [-0.15, -0.1) is 11.8 Å². The predicted octanol–water partition coefficient (Wildman–Crippen LogP) is 3.93. The van der Waals surface area contributed by atoms with Crippen LogP contribution in [0.1, 0.15) is 37.0 Å². The zero-order valence-electron chi connectivity index (χ0n) is 13.1. The van der Waals surface area contributed by atoms with Crippen LogP contribution >= 0.6 is 23.4 Å². The van der Waals surface area contributed by atoms with Crippen LogP contribution in [0, 0.1) is 5.92 Å². The van der Waals surface area contributed by atoms with Gasteiger partial charge in [0.15, 0.2) is 0 Å². The Morgan fingerprint density at radius 3 is 2.65 bits per heavy atom. The number of allylic oxidation sites excluding steroid dienone is 1. The van der Waals surface area contributed by atoms with Gasteiger partial charge in [0.2, 0.25) is 11.6 Å². The maximum atomic E-state index is 12.5. The molecule has 2 aromatic rings. The molecular weight excluding hydrogens is 336 g/mol. The number of thioether (sulfide) groups is 1. The average molecular weight is 353 g/mol. The Kier molecular flexibility index (Phi) is 5.85. The molecular formula is C16H17ClN2O3S. The molecule has 0 fully saturated rings. The van der Waals surface area contributed by atoms with E-state index in [1.54, 1.807) is 43.0 Å². The molecule has 0 aliphatic heterocycles. The quantitative estimate of drug-likeness (QED) is 0.737. The lowest BCUT2D eigenvalue weighted by Gasteiger charge is -2.05. The van der Waals surface area contributed by atoms with E-state index in [1.165, 1.54) is 4.57 Å². The topological polar surface area (TPSA) is 65.1 Å². The highest BCUT2D eigenvalue weighted by Crippen LogP contribution is 2.17. The fourth-order valence-corrected chi connectivity index (χ4v) is 2.80. The van der Waals surface area contributed by atoms with E-state index in [1.807, 2.05) is 5.41 Å². The Balaban J connectivity index is 2.32. The summed E-state index contributed by atoms with van der Waals surface area (Å²) in [4.78, 5) is 24.4. The largest absolute Gasteiger partial charge is 0.446 e. The molecule has 0 aliphatic carbocycles. The molecule has 1 heterocycles. The van der Waals surface area contributed by atoms with E-state index in [0.29, 0.717) is 22.2 Å². The van der Waals surface area contributed by atoms with Gasteiger partial charge in [0.25, 0.3) is 0 Å². The lowest BCUT2D eigenvalue weighted by atomic mass is 10.1. The van der Waals surface area contributed by atoms with E-state index >= 15 is 0 Å². The molecule has 1 aromatic carbocycles. The van der Waals surface area contributed by atoms with Crippen LogP contribution in [0.15, 0.2) is 39.0 Å². The third kappa shape index (κ3) is 4.36. The van der Waals surface area contributed by atoms with Gasteiger partial charge in [0, 0.05) is 16.3 Å². The summed E-state index contributed by atoms with van der Waals surface area (Å²) in [6.07, 6.45) is 0. The molecule has 1 aromatic heterocycles. The van der Waals surface area contributed by atoms with Crippen molar-refractivity contribution in [3.05, 3.63) is 56.6 Å². The second-order valence-electron chi connectivity index (χ2n) is 5.43. The molecule has 0 unspecified atom stereocenters. The van der Waals surface area contributed by atoms with Crippen LogP contribution in [-0.2, 0) is 0 Å². The van der Waals surface area contributed by atoms with E-state index < -0.39 is 11.5 Å². The number of halogens is 1. The van der Waals surface area contributed by atoms with Crippen molar-refractivity contribution < 1.29 is 9.32 Å². The Morgan fingerprint density at radius 2 is 2.04 bits per heavy atom. The fraction of sp³-hybridized carbons (Fsp3) is 0.312. The molecule has 0 atom stereocenters. The van der Waals surface area contributed by atoms with Crippen molar-refractivity contribution in [2.24, 2.45) is 5.92 Å². The molecule has 23 heavy (non-hydrogen) atoms. The Labute approximate surface area is 143 Å². The van der Waals surface area contributed by atoms with Gasteiger partial charge in [0.1, 0.15) is 0 Å². The molecule has 122 valence electrons. The number of carbonyl (C=O) groups excluding carboxylic acids is 1. The van der Waals surface area contributed by atoms with Gasteiger partial charge < -0.3 is 0 Å². The summed E-state index contributed by atoms with van der Waals surface area (Å²) in [7, 11) is 0. The molecule has 0 radical (unpaired) electrons. The van der Waals surface area contributed by atoms with E-state index in [4.69, 9.17) is 11.6 Å². The van der Waals surface area contributed by atoms with Crippen LogP contribution in [0.25, 0.3) is 5.70 Å². The second-order valence-corrected chi connectivity index (χ2v) is 6.77. The molecule has 0 aliphatic rings. The summed E-state index contributed by atoms with van der Waals surface area (Å²) in [5.74, 6) is 0.322. The summed E-state index contributed by atoms with van der Waals surface area (Å²) < 4.78 is 5.86. The second kappa shape index (κ2) is 7.66. The number of hydrogen-bond acceptors (Lipinski definition) is 5. The Hall–Kier alpha value is -1.79. The van der Waals surface area contributed by atoms with Crippen LogP contribution in [-0.4, -0.2) is 21.3 Å². The van der Waals surface area contributed by atoms with Crippen molar-refractivity contribution in [2.75, 3.05) is 5.75 Å². The highest BCUT2D eigenvalue weighted by Gasteiger charge is 2.21. The third-order valence-corrected chi connectivity index (χ3v) is 4.57. The van der Waals surface area contributed by atoms with Crippen LogP contribution in [0.4, 0.5) is 0 Å². The maximum Gasteiger partial charge on any atom is 0.446 e. The number of ketones is 1. The monoisotopic (exact) mass is 352 g/mol. The Morgan fingerprint density at radius 1 is 1.39 bits per heavy atom. The zero-order valence-corrected chi connectivity index (χ0v) is 14.6. The Bertz CT molecular complexity index is 775. The van der Waals surface area contributed by atoms with Crippen molar-refractivity contribution in [3.63, 3.8) is 0 Å². The van der Waals surface area contributed by atoms with Crippen molar-refractivity contribution in [3.8, 4) is 0 Å². The van der Waals surface area contributed by atoms with Crippen molar-refractivity contribution in [1.82, 2.24) is 9.72 Å². The standard InChI is InChI=1S/C16H17ClN2O3S/c1-10(2)8-23-9-11(3)19-15(18-22-16(19)21)14(20)12-4-6-13(17)7-5-12/h4-7,9-10H,8H2,1-3H3/b11-9-. The first-order valence-electron chi connectivity index (χ1n) is 7.08. The van der Waals surface area contributed by atoms with E-state index in [2.05, 4.69) is 23.5 Å². The van der Waals surface area contributed by atoms with Gasteiger partial charge in [-0.05, 0) is 48.3 Å². The summed E-state index contributed by atoms with van der Waals surface area (Å²) in [5.41, 5.74) is 0.985. The minimum Gasteiger partial charge on any atom is -0.295 e. The predicted molar refractivity (Wildman–Crippen MR) is 92.9 cm³/mol. The van der Waals surface area contributed by atoms with Gasteiger partial charge >= 0.3 is 5.76 Å². The summed E-state index contributed by atoms with van der Waals surface area (Å²) in [5, 5.41) is 5.98. The normalized spacial score (nSPS) is 12.0. The van der Waals surface area contributed by atoms with Crippen molar-refractivity contribution in [2.45, 2.75) is 20.8 Å². The third-order valence-electron chi connectivity index (χ3n) is 2.95. The van der Waals surface area contributed by atoms with Gasteiger partial charge in [-0.25, -0.2) is 9.36 Å². The molecule has 0 amide bonds. The highest BCUT2D eigenvalue weighted by molar-refractivity contribution is 8.02. The minimum atomic E-state index is -0.679. The lowest BCUT2D eigenvalue weighted by molar-refractivity contribution is 0.102. The molecule has 0 saturated carbocycles. The van der Waals surface area contributed by atoms with Crippen LogP contribution < -0.4 is 5.76 Å². The minimum absolute atomic E-state index is 0.0452. The average Bonchev–Trinajstić information content (AvgIpc) is 2.88. The molecule has 0 N–H and O–H groups in total. The van der Waals surface area contributed by atoms with E-state index in [9.17, 15) is 9.59 Å². The van der Waals surface area contributed by atoms with Gasteiger partial charge in [-0.3, -0.25) is 9.32 Å². The molecule has 0 spiro atoms. The number of hydrogen-bond donors (Lipinski definition) is 0. The van der Waals surface area contributed by atoms with E-state index in [0.717, 1.165) is 5.75 Å². The van der Waals surface area contributed by atoms with Gasteiger partial charge in [-0.2, -0.15) is 0 Å². The molecule has 0 saturated heterocycles. The van der Waals surface area contributed by atoms with E-state index in [-0.39, 0.29) is 5.82 Å². The fourth-order valence-electron chi connectivity index (χ4n) is 1.85. The lowest BCUT2D eigenvalue weighted by Crippen LogP contribution is -2.18. The SMILES string of the molecule is C/C(=C/SCC(C)C)n1c(C(=O)c2ccc(Cl)cc2)noc1=O. The zero-order chi connectivity index (χ0) is 17.0. The number of benzene rings is 1. The summed E-state index contributed by atoms with van der Waals surface area (Å²) in [6, 6.07) is 6.39. The maximum absolute atomic E-state index is 12.5. The smallest absolute Gasteiger partial charge is 0.295 e. The molecule has 7 heteroatoms. The number of carbonyl (C=O) groups is 1. The molecule has 5 nitrogen and oxygen atoms in total. The van der Waals surface area contributed by atoms with Crippen molar-refractivity contribution >= 4 is 34.8 Å². The van der Waals surface area contributed by atoms with Crippen LogP contribution in [0.2, 0.25) is 5.02 Å². The van der Waals surface area contributed by atoms with Crippen LogP contribution in [0.5, 0.6) is 0 Å². The summed E-state index contributed by atoms with van der Waals surface area (Å²) >= 11 is 7.39. The summed E-state index contributed by atoms with van der Waals surface area (Å²) in [6.45, 7) is 5.96.